The van der Waals surface area contributed by atoms with Gasteiger partial charge in [-0.1, -0.05) is 26.0 Å². The van der Waals surface area contributed by atoms with Crippen molar-refractivity contribution in [2.45, 2.75) is 20.3 Å². The highest BCUT2D eigenvalue weighted by atomic mass is 16.5. The Hall–Kier alpha value is -2.17. The maximum absolute atomic E-state index is 12.3. The first-order valence-electron chi connectivity index (χ1n) is 6.98. The minimum absolute atomic E-state index is 0.0667. The minimum atomic E-state index is -0.489. The van der Waals surface area contributed by atoms with Crippen molar-refractivity contribution in [2.24, 2.45) is 11.8 Å². The number of methoxy groups -OCH3 is 1. The Morgan fingerprint density at radius 3 is 2.10 bits per heavy atom. The molecule has 1 aliphatic heterocycles. The number of carbonyl (C=O) groups is 3. The number of rotatable bonds is 5. The Morgan fingerprint density at radius 2 is 1.67 bits per heavy atom. The number of esters is 1. The number of hydrogen-bond acceptors (Lipinski definition) is 4. The molecule has 2 rings (SSSR count). The molecule has 0 saturated heterocycles. The summed E-state index contributed by atoms with van der Waals surface area (Å²) in [5.41, 5.74) is 0.798. The highest BCUT2D eigenvalue weighted by Gasteiger charge is 2.38. The molecule has 5 heteroatoms. The van der Waals surface area contributed by atoms with Crippen molar-refractivity contribution in [1.82, 2.24) is 4.90 Å². The van der Waals surface area contributed by atoms with Gasteiger partial charge in [0.05, 0.1) is 24.2 Å². The molecule has 21 heavy (non-hydrogen) atoms. The Morgan fingerprint density at radius 1 is 1.14 bits per heavy atom. The average molecular weight is 289 g/mol. The van der Waals surface area contributed by atoms with E-state index >= 15 is 0 Å². The number of hydrogen-bond donors (Lipinski definition) is 0. The van der Waals surface area contributed by atoms with E-state index < -0.39 is 5.92 Å². The Labute approximate surface area is 123 Å². The average Bonchev–Trinajstić information content (AvgIpc) is 2.71. The molecule has 2 amide bonds. The lowest BCUT2D eigenvalue weighted by Gasteiger charge is -2.22. The van der Waals surface area contributed by atoms with E-state index in [-0.39, 0.29) is 30.2 Å². The van der Waals surface area contributed by atoms with Gasteiger partial charge in [-0.25, -0.2) is 0 Å². The molecular formula is C16H19NO4. The zero-order chi connectivity index (χ0) is 15.6. The molecule has 0 saturated carbocycles. The van der Waals surface area contributed by atoms with Crippen molar-refractivity contribution in [3.8, 4) is 0 Å². The summed E-state index contributed by atoms with van der Waals surface area (Å²) in [5.74, 6) is -1.29. The second-order valence-corrected chi connectivity index (χ2v) is 5.62. The number of fused-ring (bicyclic) bond motifs is 1. The summed E-state index contributed by atoms with van der Waals surface area (Å²) in [6, 6.07) is 6.70. The largest absolute Gasteiger partial charge is 0.469 e. The van der Waals surface area contributed by atoms with E-state index in [4.69, 9.17) is 4.74 Å². The normalized spacial score (nSPS) is 15.3. The van der Waals surface area contributed by atoms with Gasteiger partial charge in [0.1, 0.15) is 0 Å². The lowest BCUT2D eigenvalue weighted by molar-refractivity contribution is -0.146. The Bertz CT molecular complexity index is 544. The molecule has 0 aliphatic carbocycles. The SMILES string of the molecule is COC(=O)C(CC(C)C)CN1C(=O)c2ccccc2C1=O. The monoisotopic (exact) mass is 289 g/mol. The van der Waals surface area contributed by atoms with Crippen LogP contribution in [0.2, 0.25) is 0 Å². The number of carbonyl (C=O) groups excluding carboxylic acids is 3. The van der Waals surface area contributed by atoms with E-state index in [1.54, 1.807) is 24.3 Å². The van der Waals surface area contributed by atoms with Crippen molar-refractivity contribution in [3.63, 3.8) is 0 Å². The van der Waals surface area contributed by atoms with Crippen LogP contribution < -0.4 is 0 Å². The van der Waals surface area contributed by atoms with Gasteiger partial charge in [-0.15, -0.1) is 0 Å². The van der Waals surface area contributed by atoms with E-state index in [9.17, 15) is 14.4 Å². The number of amides is 2. The van der Waals surface area contributed by atoms with Crippen LogP contribution in [0.15, 0.2) is 24.3 Å². The molecule has 1 aromatic rings. The summed E-state index contributed by atoms with van der Waals surface area (Å²) in [6.45, 7) is 4.04. The van der Waals surface area contributed by atoms with Gasteiger partial charge in [0, 0.05) is 6.54 Å². The van der Waals surface area contributed by atoms with Crippen LogP contribution in [0.1, 0.15) is 41.0 Å². The van der Waals surface area contributed by atoms with Crippen molar-refractivity contribution in [3.05, 3.63) is 35.4 Å². The first-order valence-corrected chi connectivity index (χ1v) is 6.98. The van der Waals surface area contributed by atoms with Crippen LogP contribution in [0.25, 0.3) is 0 Å². The third-order valence-corrected chi connectivity index (χ3v) is 3.57. The van der Waals surface area contributed by atoms with Gasteiger partial charge < -0.3 is 4.74 Å². The molecular weight excluding hydrogens is 270 g/mol. The Kier molecular flexibility index (Phi) is 4.40. The molecule has 1 unspecified atom stereocenters. The van der Waals surface area contributed by atoms with Gasteiger partial charge in [-0.3, -0.25) is 19.3 Å². The first kappa shape index (κ1) is 15.2. The zero-order valence-electron chi connectivity index (χ0n) is 12.5. The van der Waals surface area contributed by atoms with Crippen LogP contribution in [0, 0.1) is 11.8 Å². The van der Waals surface area contributed by atoms with Crippen LogP contribution >= 0.6 is 0 Å². The fourth-order valence-electron chi connectivity index (χ4n) is 2.61. The fourth-order valence-corrected chi connectivity index (χ4v) is 2.61. The third kappa shape index (κ3) is 2.96. The van der Waals surface area contributed by atoms with Gasteiger partial charge >= 0.3 is 5.97 Å². The van der Waals surface area contributed by atoms with Crippen LogP contribution in [0.4, 0.5) is 0 Å². The van der Waals surface area contributed by atoms with Crippen molar-refractivity contribution in [1.29, 1.82) is 0 Å². The minimum Gasteiger partial charge on any atom is -0.469 e. The lowest BCUT2D eigenvalue weighted by atomic mass is 9.96. The first-order chi connectivity index (χ1) is 9.95. The molecule has 0 aromatic heterocycles. The van der Waals surface area contributed by atoms with Gasteiger partial charge in [-0.05, 0) is 24.5 Å². The van der Waals surface area contributed by atoms with Gasteiger partial charge in [0.25, 0.3) is 11.8 Å². The smallest absolute Gasteiger partial charge is 0.310 e. The van der Waals surface area contributed by atoms with Crippen LogP contribution in [-0.2, 0) is 9.53 Å². The van der Waals surface area contributed by atoms with Crippen molar-refractivity contribution >= 4 is 17.8 Å². The standard InChI is InChI=1S/C16H19NO4/c1-10(2)8-11(16(20)21-3)9-17-14(18)12-6-4-5-7-13(12)15(17)19/h4-7,10-11H,8-9H2,1-3H3. The molecule has 0 radical (unpaired) electrons. The third-order valence-electron chi connectivity index (χ3n) is 3.57. The zero-order valence-corrected chi connectivity index (χ0v) is 12.5. The molecule has 1 aliphatic rings. The quantitative estimate of drug-likeness (QED) is 0.615. The van der Waals surface area contributed by atoms with E-state index in [2.05, 4.69) is 0 Å². The van der Waals surface area contributed by atoms with E-state index in [0.29, 0.717) is 17.5 Å². The summed E-state index contributed by atoms with van der Waals surface area (Å²) in [4.78, 5) is 37.6. The summed E-state index contributed by atoms with van der Waals surface area (Å²) in [5, 5.41) is 0. The molecule has 112 valence electrons. The van der Waals surface area contributed by atoms with Crippen molar-refractivity contribution < 1.29 is 19.1 Å². The molecule has 0 fully saturated rings. The van der Waals surface area contributed by atoms with Gasteiger partial charge in [-0.2, -0.15) is 0 Å². The van der Waals surface area contributed by atoms with Crippen LogP contribution in [0.3, 0.4) is 0 Å². The summed E-state index contributed by atoms with van der Waals surface area (Å²) >= 11 is 0. The molecule has 0 bridgehead atoms. The van der Waals surface area contributed by atoms with Crippen LogP contribution in [-0.4, -0.2) is 36.3 Å². The number of imide groups is 1. The predicted molar refractivity (Wildman–Crippen MR) is 76.8 cm³/mol. The summed E-state index contributed by atoms with van der Waals surface area (Å²) in [7, 11) is 1.32. The molecule has 5 nitrogen and oxygen atoms in total. The Balaban J connectivity index is 2.21. The topological polar surface area (TPSA) is 63.7 Å². The molecule has 1 atom stereocenters. The fraction of sp³-hybridized carbons (Fsp3) is 0.438. The molecule has 0 spiro atoms. The van der Waals surface area contributed by atoms with Crippen LogP contribution in [0.5, 0.6) is 0 Å². The maximum atomic E-state index is 12.3. The highest BCUT2D eigenvalue weighted by molar-refractivity contribution is 6.21. The molecule has 1 heterocycles. The van der Waals surface area contributed by atoms with Gasteiger partial charge in [0.2, 0.25) is 0 Å². The lowest BCUT2D eigenvalue weighted by Crippen LogP contribution is -2.38. The van der Waals surface area contributed by atoms with Gasteiger partial charge in [0.15, 0.2) is 0 Å². The highest BCUT2D eigenvalue weighted by Crippen LogP contribution is 2.25. The molecule has 0 N–H and O–H groups in total. The second-order valence-electron chi connectivity index (χ2n) is 5.62. The van der Waals surface area contributed by atoms with E-state index in [1.807, 2.05) is 13.8 Å². The van der Waals surface area contributed by atoms with E-state index in [1.165, 1.54) is 7.11 Å². The number of ether oxygens (including phenoxy) is 1. The second kappa shape index (κ2) is 6.08. The maximum Gasteiger partial charge on any atom is 0.310 e. The van der Waals surface area contributed by atoms with E-state index in [0.717, 1.165) is 4.90 Å². The summed E-state index contributed by atoms with van der Waals surface area (Å²) in [6.07, 6.45) is 0.570. The van der Waals surface area contributed by atoms with Crippen molar-refractivity contribution in [2.75, 3.05) is 13.7 Å². The number of benzene rings is 1. The summed E-state index contributed by atoms with van der Waals surface area (Å²) < 4.78 is 4.78. The predicted octanol–water partition coefficient (Wildman–Crippen LogP) is 2.12. The molecule has 1 aromatic carbocycles. The number of nitrogens with zero attached hydrogens (tertiary/aromatic N) is 1.